The van der Waals surface area contributed by atoms with Crippen LogP contribution in [0.15, 0.2) is 48.5 Å². The Kier molecular flexibility index (Phi) is 5.68. The number of methoxy groups -OCH3 is 1. The van der Waals surface area contributed by atoms with Gasteiger partial charge in [-0.15, -0.1) is 0 Å². The first kappa shape index (κ1) is 18.4. The second-order valence-electron chi connectivity index (χ2n) is 8.06. The molecule has 1 saturated heterocycles. The highest BCUT2D eigenvalue weighted by atomic mass is 16.5. The van der Waals surface area contributed by atoms with E-state index in [2.05, 4.69) is 59.2 Å². The summed E-state index contributed by atoms with van der Waals surface area (Å²) in [6.07, 6.45) is 5.35. The molecule has 0 aromatic heterocycles. The van der Waals surface area contributed by atoms with Crippen molar-refractivity contribution in [1.29, 1.82) is 0 Å². The third-order valence-electron chi connectivity index (χ3n) is 6.58. The molecule has 0 bridgehead atoms. The van der Waals surface area contributed by atoms with E-state index in [0.717, 1.165) is 43.9 Å². The van der Waals surface area contributed by atoms with Crippen molar-refractivity contribution in [3.8, 4) is 5.75 Å². The van der Waals surface area contributed by atoms with Gasteiger partial charge >= 0.3 is 0 Å². The Morgan fingerprint density at radius 2 is 1.48 bits per heavy atom. The van der Waals surface area contributed by atoms with Crippen LogP contribution in [0.25, 0.3) is 0 Å². The molecule has 2 aliphatic rings. The first-order valence-electron chi connectivity index (χ1n) is 10.4. The van der Waals surface area contributed by atoms with Crippen LogP contribution in [-0.4, -0.2) is 44.2 Å². The van der Waals surface area contributed by atoms with E-state index in [1.807, 2.05) is 6.07 Å². The maximum Gasteiger partial charge on any atom is 0.142 e. The van der Waals surface area contributed by atoms with Crippen molar-refractivity contribution in [2.24, 2.45) is 0 Å². The van der Waals surface area contributed by atoms with Crippen LogP contribution in [0.2, 0.25) is 0 Å². The number of nitrogens with zero attached hydrogens (tertiary/aromatic N) is 2. The summed E-state index contributed by atoms with van der Waals surface area (Å²) >= 11 is 0. The van der Waals surface area contributed by atoms with E-state index < -0.39 is 0 Å². The Labute approximate surface area is 163 Å². The molecule has 0 radical (unpaired) electrons. The highest BCUT2D eigenvalue weighted by Gasteiger charge is 2.29. The van der Waals surface area contributed by atoms with Gasteiger partial charge in [0, 0.05) is 32.2 Å². The number of rotatable bonds is 4. The molecule has 1 aliphatic carbocycles. The van der Waals surface area contributed by atoms with Crippen LogP contribution in [0, 0.1) is 6.92 Å². The fourth-order valence-electron chi connectivity index (χ4n) is 5.02. The van der Waals surface area contributed by atoms with Gasteiger partial charge in [-0.05, 0) is 61.8 Å². The van der Waals surface area contributed by atoms with Crippen LogP contribution in [0.5, 0.6) is 5.75 Å². The van der Waals surface area contributed by atoms with E-state index in [-0.39, 0.29) is 0 Å². The van der Waals surface area contributed by atoms with Gasteiger partial charge in [0.2, 0.25) is 0 Å². The molecule has 144 valence electrons. The molecule has 1 saturated carbocycles. The van der Waals surface area contributed by atoms with Gasteiger partial charge in [0.1, 0.15) is 5.75 Å². The molecule has 2 aromatic carbocycles. The molecule has 0 N–H and O–H groups in total. The predicted molar refractivity (Wildman–Crippen MR) is 113 cm³/mol. The second-order valence-corrected chi connectivity index (χ2v) is 8.06. The number of piperazine rings is 1. The van der Waals surface area contributed by atoms with Gasteiger partial charge in [0.25, 0.3) is 0 Å². The van der Waals surface area contributed by atoms with Crippen LogP contribution < -0.4 is 9.64 Å². The zero-order chi connectivity index (χ0) is 18.6. The van der Waals surface area contributed by atoms with Gasteiger partial charge in [0.05, 0.1) is 12.8 Å². The topological polar surface area (TPSA) is 15.7 Å². The molecule has 0 unspecified atom stereocenters. The molecule has 0 spiro atoms. The lowest BCUT2D eigenvalue weighted by molar-refractivity contribution is 0.141. The average Bonchev–Trinajstić information content (AvgIpc) is 2.74. The lowest BCUT2D eigenvalue weighted by Crippen LogP contribution is -2.51. The number of para-hydroxylation sites is 2. The fourth-order valence-corrected chi connectivity index (χ4v) is 5.02. The lowest BCUT2D eigenvalue weighted by atomic mass is 9.79. The molecule has 2 fully saturated rings. The van der Waals surface area contributed by atoms with Gasteiger partial charge in [-0.3, -0.25) is 4.90 Å². The molecular formula is C24H32N2O. The van der Waals surface area contributed by atoms with Crippen molar-refractivity contribution in [2.45, 2.75) is 44.6 Å². The van der Waals surface area contributed by atoms with Crippen molar-refractivity contribution in [2.75, 3.05) is 38.2 Å². The van der Waals surface area contributed by atoms with Gasteiger partial charge in [-0.2, -0.15) is 0 Å². The van der Waals surface area contributed by atoms with Crippen LogP contribution in [0.3, 0.4) is 0 Å². The zero-order valence-corrected chi connectivity index (χ0v) is 16.7. The van der Waals surface area contributed by atoms with Crippen LogP contribution in [-0.2, 0) is 0 Å². The zero-order valence-electron chi connectivity index (χ0n) is 16.7. The molecule has 0 atom stereocenters. The number of hydrogen-bond donors (Lipinski definition) is 0. The monoisotopic (exact) mass is 364 g/mol. The van der Waals surface area contributed by atoms with Crippen LogP contribution in [0.1, 0.15) is 42.7 Å². The molecule has 4 rings (SSSR count). The van der Waals surface area contributed by atoms with Crippen molar-refractivity contribution in [3.63, 3.8) is 0 Å². The SMILES string of the molecule is COc1ccccc1N1CCN([C@H]2CC[C@H](c3ccccc3C)CC2)CC1. The van der Waals surface area contributed by atoms with Crippen LogP contribution in [0.4, 0.5) is 5.69 Å². The summed E-state index contributed by atoms with van der Waals surface area (Å²) in [5, 5.41) is 0. The number of benzene rings is 2. The van der Waals surface area contributed by atoms with E-state index >= 15 is 0 Å². The van der Waals surface area contributed by atoms with Gasteiger partial charge < -0.3 is 9.64 Å². The maximum atomic E-state index is 5.55. The first-order valence-corrected chi connectivity index (χ1v) is 10.4. The summed E-state index contributed by atoms with van der Waals surface area (Å²) in [6, 6.07) is 18.1. The number of aryl methyl sites for hydroxylation is 1. The normalized spacial score (nSPS) is 24.0. The number of anilines is 1. The Hall–Kier alpha value is -2.00. The molecular weight excluding hydrogens is 332 g/mol. The average molecular weight is 365 g/mol. The van der Waals surface area contributed by atoms with Crippen LogP contribution >= 0.6 is 0 Å². The predicted octanol–water partition coefficient (Wildman–Crippen LogP) is 4.85. The molecule has 1 heterocycles. The Morgan fingerprint density at radius 1 is 0.815 bits per heavy atom. The lowest BCUT2D eigenvalue weighted by Gasteiger charge is -2.43. The summed E-state index contributed by atoms with van der Waals surface area (Å²) < 4.78 is 5.55. The third-order valence-corrected chi connectivity index (χ3v) is 6.58. The van der Waals surface area contributed by atoms with Gasteiger partial charge in [-0.1, -0.05) is 36.4 Å². The molecule has 1 aliphatic heterocycles. The summed E-state index contributed by atoms with van der Waals surface area (Å²) in [5.41, 5.74) is 4.28. The second kappa shape index (κ2) is 8.35. The third kappa shape index (κ3) is 3.98. The van der Waals surface area contributed by atoms with E-state index in [0.29, 0.717) is 0 Å². The summed E-state index contributed by atoms with van der Waals surface area (Å²) in [5.74, 6) is 1.75. The van der Waals surface area contributed by atoms with Crippen molar-refractivity contribution in [3.05, 3.63) is 59.7 Å². The first-order chi connectivity index (χ1) is 13.3. The Morgan fingerprint density at radius 3 is 2.19 bits per heavy atom. The molecule has 27 heavy (non-hydrogen) atoms. The summed E-state index contributed by atoms with van der Waals surface area (Å²) in [4.78, 5) is 5.22. The van der Waals surface area contributed by atoms with E-state index in [1.54, 1.807) is 12.7 Å². The largest absolute Gasteiger partial charge is 0.495 e. The minimum Gasteiger partial charge on any atom is -0.495 e. The van der Waals surface area contributed by atoms with Gasteiger partial charge in [-0.25, -0.2) is 0 Å². The quantitative estimate of drug-likeness (QED) is 0.771. The number of ether oxygens (including phenoxy) is 1. The smallest absolute Gasteiger partial charge is 0.142 e. The molecule has 0 amide bonds. The highest BCUT2D eigenvalue weighted by Crippen LogP contribution is 2.37. The van der Waals surface area contributed by atoms with Gasteiger partial charge in [0.15, 0.2) is 0 Å². The molecule has 3 heteroatoms. The van der Waals surface area contributed by atoms with Crippen molar-refractivity contribution < 1.29 is 4.74 Å². The maximum absolute atomic E-state index is 5.55. The van der Waals surface area contributed by atoms with E-state index in [1.165, 1.54) is 36.9 Å². The minimum absolute atomic E-state index is 0.761. The summed E-state index contributed by atoms with van der Waals surface area (Å²) in [7, 11) is 1.77. The molecule has 3 nitrogen and oxygen atoms in total. The minimum atomic E-state index is 0.761. The molecule has 2 aromatic rings. The highest BCUT2D eigenvalue weighted by molar-refractivity contribution is 5.58. The van der Waals surface area contributed by atoms with Crippen molar-refractivity contribution >= 4 is 5.69 Å². The Bertz CT molecular complexity index is 744. The van der Waals surface area contributed by atoms with E-state index in [9.17, 15) is 0 Å². The number of hydrogen-bond acceptors (Lipinski definition) is 3. The van der Waals surface area contributed by atoms with Crippen molar-refractivity contribution in [1.82, 2.24) is 4.90 Å². The van der Waals surface area contributed by atoms with E-state index in [4.69, 9.17) is 4.74 Å². The fraction of sp³-hybridized carbons (Fsp3) is 0.500. The summed E-state index contributed by atoms with van der Waals surface area (Å²) in [6.45, 7) is 6.78. The Balaban J connectivity index is 1.32. The standard InChI is InChI=1S/C24H32N2O/c1-19-7-3-4-8-22(19)20-11-13-21(14-12-20)25-15-17-26(18-16-25)23-9-5-6-10-24(23)27-2/h3-10,20-21H,11-18H2,1-2H3/t20-,21-.